The molecule has 0 radical (unpaired) electrons. The molecule has 1 rings (SSSR count). The first kappa shape index (κ1) is 17.9. The van der Waals surface area contributed by atoms with Crippen molar-refractivity contribution in [3.05, 3.63) is 29.8 Å². The second-order valence-corrected chi connectivity index (χ2v) is 4.60. The fraction of sp³-hybridized carbons (Fsp3) is 0.471. The lowest BCUT2D eigenvalue weighted by molar-refractivity contribution is 0.0599. The Bertz CT molecular complexity index is 522. The number of carbonyl (C=O) groups excluding carboxylic acids is 1. The number of unbranched alkanes of at least 4 members (excludes halogenated alkanes) is 1. The quantitative estimate of drug-likeness (QED) is 0.396. The van der Waals surface area contributed by atoms with Crippen molar-refractivity contribution >= 4 is 11.7 Å². The minimum Gasteiger partial charge on any atom is -0.494 e. The molecule has 0 bridgehead atoms. The molecule has 122 valence electrons. The van der Waals surface area contributed by atoms with Crippen molar-refractivity contribution in [2.24, 2.45) is 0 Å². The molecule has 0 saturated heterocycles. The molecule has 1 aromatic carbocycles. The molecule has 0 atom stereocenters. The zero-order valence-corrected chi connectivity index (χ0v) is 13.7. The third-order valence-electron chi connectivity index (χ3n) is 3.08. The van der Waals surface area contributed by atoms with E-state index < -0.39 is 5.97 Å². The molecule has 0 aliphatic heterocycles. The summed E-state index contributed by atoms with van der Waals surface area (Å²) in [6, 6.07) is 3.30. The minimum absolute atomic E-state index is 0.341. The van der Waals surface area contributed by atoms with Gasteiger partial charge in [0.2, 0.25) is 0 Å². The smallest absolute Gasteiger partial charge is 0.338 e. The van der Waals surface area contributed by atoms with E-state index in [-0.39, 0.29) is 0 Å². The molecular formula is C17H24O5. The summed E-state index contributed by atoms with van der Waals surface area (Å²) in [4.78, 5) is 12.0. The zero-order valence-electron chi connectivity index (χ0n) is 13.7. The van der Waals surface area contributed by atoms with Gasteiger partial charge in [0.1, 0.15) is 5.76 Å². The molecule has 0 aliphatic carbocycles. The Labute approximate surface area is 131 Å². The Morgan fingerprint density at radius 2 is 1.82 bits per heavy atom. The lowest BCUT2D eigenvalue weighted by atomic mass is 10.0. The van der Waals surface area contributed by atoms with Crippen molar-refractivity contribution in [3.8, 4) is 11.5 Å². The van der Waals surface area contributed by atoms with Gasteiger partial charge in [-0.2, -0.15) is 0 Å². The monoisotopic (exact) mass is 308 g/mol. The van der Waals surface area contributed by atoms with Crippen LogP contribution in [0.1, 0.15) is 42.6 Å². The molecule has 0 aromatic heterocycles. The van der Waals surface area contributed by atoms with E-state index in [9.17, 15) is 4.79 Å². The van der Waals surface area contributed by atoms with Gasteiger partial charge in [-0.15, -0.1) is 0 Å². The number of ether oxygens (including phenoxy) is 4. The van der Waals surface area contributed by atoms with Crippen LogP contribution >= 0.6 is 0 Å². The number of benzene rings is 1. The van der Waals surface area contributed by atoms with Gasteiger partial charge in [-0.05, 0) is 25.5 Å². The van der Waals surface area contributed by atoms with Crippen LogP contribution in [0.3, 0.4) is 0 Å². The van der Waals surface area contributed by atoms with Crippen LogP contribution in [0.2, 0.25) is 0 Å². The SMILES string of the molecule is C=C(OCC)c1cc(OC)c(OCCCC)cc1C(=O)OC. The number of hydrogen-bond acceptors (Lipinski definition) is 5. The van der Waals surface area contributed by atoms with Crippen LogP contribution in [0, 0.1) is 0 Å². The molecule has 5 heteroatoms. The number of methoxy groups -OCH3 is 2. The maximum atomic E-state index is 12.0. The van der Waals surface area contributed by atoms with Crippen molar-refractivity contribution in [1.82, 2.24) is 0 Å². The number of rotatable bonds is 9. The van der Waals surface area contributed by atoms with Crippen LogP contribution in [0.25, 0.3) is 5.76 Å². The molecule has 0 aliphatic rings. The Kier molecular flexibility index (Phi) is 7.29. The first-order chi connectivity index (χ1) is 10.6. The van der Waals surface area contributed by atoms with Gasteiger partial charge in [0.05, 0.1) is 33.0 Å². The van der Waals surface area contributed by atoms with Gasteiger partial charge < -0.3 is 18.9 Å². The highest BCUT2D eigenvalue weighted by molar-refractivity contribution is 5.95. The third-order valence-corrected chi connectivity index (χ3v) is 3.08. The van der Waals surface area contributed by atoms with Crippen molar-refractivity contribution in [3.63, 3.8) is 0 Å². The molecular weight excluding hydrogens is 284 g/mol. The van der Waals surface area contributed by atoms with Gasteiger partial charge in [-0.25, -0.2) is 4.79 Å². The van der Waals surface area contributed by atoms with E-state index in [2.05, 4.69) is 13.5 Å². The average Bonchev–Trinajstić information content (AvgIpc) is 2.54. The number of esters is 1. The summed E-state index contributed by atoms with van der Waals surface area (Å²) >= 11 is 0. The molecule has 0 spiro atoms. The second kappa shape index (κ2) is 8.97. The van der Waals surface area contributed by atoms with E-state index in [0.717, 1.165) is 12.8 Å². The Morgan fingerprint density at radius 3 is 2.36 bits per heavy atom. The predicted molar refractivity (Wildman–Crippen MR) is 85.4 cm³/mol. The van der Waals surface area contributed by atoms with Crippen LogP contribution in [-0.2, 0) is 9.47 Å². The normalized spacial score (nSPS) is 10.0. The Balaban J connectivity index is 3.25. The summed E-state index contributed by atoms with van der Waals surface area (Å²) in [6.07, 6.45) is 1.94. The van der Waals surface area contributed by atoms with Crippen LogP contribution in [0.15, 0.2) is 18.7 Å². The lowest BCUT2D eigenvalue weighted by Gasteiger charge is -2.16. The number of carbonyl (C=O) groups is 1. The van der Waals surface area contributed by atoms with Crippen LogP contribution in [0.4, 0.5) is 0 Å². The largest absolute Gasteiger partial charge is 0.494 e. The first-order valence-electron chi connectivity index (χ1n) is 7.34. The summed E-state index contributed by atoms with van der Waals surface area (Å²) in [7, 11) is 2.88. The molecule has 0 N–H and O–H groups in total. The third kappa shape index (κ3) is 4.41. The van der Waals surface area contributed by atoms with Crippen LogP contribution in [0.5, 0.6) is 11.5 Å². The van der Waals surface area contributed by atoms with Gasteiger partial charge in [0.25, 0.3) is 0 Å². The molecule has 0 amide bonds. The molecule has 22 heavy (non-hydrogen) atoms. The van der Waals surface area contributed by atoms with E-state index in [1.807, 2.05) is 6.92 Å². The van der Waals surface area contributed by atoms with E-state index in [4.69, 9.17) is 18.9 Å². The van der Waals surface area contributed by atoms with E-state index >= 15 is 0 Å². The standard InChI is InChI=1S/C17H24O5/c1-6-8-9-22-16-11-14(17(18)20-5)13(10-15(16)19-4)12(3)21-7-2/h10-11H,3,6-9H2,1-2,4-5H3. The van der Waals surface area contributed by atoms with E-state index in [1.165, 1.54) is 7.11 Å². The molecule has 0 saturated carbocycles. The number of hydrogen-bond donors (Lipinski definition) is 0. The zero-order chi connectivity index (χ0) is 16.5. The summed E-state index contributed by atoms with van der Waals surface area (Å²) < 4.78 is 21.3. The minimum atomic E-state index is -0.473. The van der Waals surface area contributed by atoms with Gasteiger partial charge in [0.15, 0.2) is 11.5 Å². The van der Waals surface area contributed by atoms with Gasteiger partial charge >= 0.3 is 5.97 Å². The maximum Gasteiger partial charge on any atom is 0.338 e. The average molecular weight is 308 g/mol. The summed E-state index contributed by atoms with van der Waals surface area (Å²) in [5.74, 6) is 0.948. The fourth-order valence-electron chi connectivity index (χ4n) is 1.92. The summed E-state index contributed by atoms with van der Waals surface area (Å²) in [5, 5.41) is 0. The highest BCUT2D eigenvalue weighted by atomic mass is 16.5. The molecule has 0 heterocycles. The lowest BCUT2D eigenvalue weighted by Crippen LogP contribution is -2.09. The topological polar surface area (TPSA) is 54.0 Å². The van der Waals surface area contributed by atoms with Gasteiger partial charge in [-0.3, -0.25) is 0 Å². The molecule has 1 aromatic rings. The Hall–Kier alpha value is -2.17. The van der Waals surface area contributed by atoms with Crippen molar-refractivity contribution in [2.45, 2.75) is 26.7 Å². The van der Waals surface area contributed by atoms with Gasteiger partial charge in [-0.1, -0.05) is 19.9 Å². The fourth-order valence-corrected chi connectivity index (χ4v) is 1.92. The molecule has 0 fully saturated rings. The van der Waals surface area contributed by atoms with E-state index in [1.54, 1.807) is 19.2 Å². The van der Waals surface area contributed by atoms with E-state index in [0.29, 0.717) is 41.6 Å². The first-order valence-corrected chi connectivity index (χ1v) is 7.34. The molecule has 5 nitrogen and oxygen atoms in total. The van der Waals surface area contributed by atoms with Crippen LogP contribution < -0.4 is 9.47 Å². The predicted octanol–water partition coefficient (Wildman–Crippen LogP) is 3.67. The molecule has 0 unspecified atom stereocenters. The highest BCUT2D eigenvalue weighted by Gasteiger charge is 2.20. The van der Waals surface area contributed by atoms with Crippen LogP contribution in [-0.4, -0.2) is 33.4 Å². The summed E-state index contributed by atoms with van der Waals surface area (Å²) in [6.45, 7) is 8.78. The van der Waals surface area contributed by atoms with Crippen molar-refractivity contribution in [1.29, 1.82) is 0 Å². The van der Waals surface area contributed by atoms with Crippen molar-refractivity contribution < 1.29 is 23.7 Å². The van der Waals surface area contributed by atoms with Crippen molar-refractivity contribution in [2.75, 3.05) is 27.4 Å². The summed E-state index contributed by atoms with van der Waals surface area (Å²) in [5.41, 5.74) is 0.877. The van der Waals surface area contributed by atoms with Gasteiger partial charge in [0, 0.05) is 5.56 Å². The Morgan fingerprint density at radius 1 is 1.14 bits per heavy atom. The second-order valence-electron chi connectivity index (χ2n) is 4.60. The maximum absolute atomic E-state index is 12.0. The highest BCUT2D eigenvalue weighted by Crippen LogP contribution is 2.34.